The molecule has 1 saturated heterocycles. The summed E-state index contributed by atoms with van der Waals surface area (Å²) in [7, 11) is 1.35. The van der Waals surface area contributed by atoms with Crippen LogP contribution in [0.1, 0.15) is 23.2 Å². The van der Waals surface area contributed by atoms with Gasteiger partial charge in [0.2, 0.25) is 5.91 Å². The summed E-state index contributed by atoms with van der Waals surface area (Å²) in [6.07, 6.45) is 3.17. The predicted octanol–water partition coefficient (Wildman–Crippen LogP) is 2.24. The normalized spacial score (nSPS) is 15.9. The molecule has 0 atom stereocenters. The van der Waals surface area contributed by atoms with E-state index in [1.807, 2.05) is 24.3 Å². The number of nitrogens with one attached hydrogen (secondary N) is 3. The first-order valence-electron chi connectivity index (χ1n) is 9.38. The van der Waals surface area contributed by atoms with Gasteiger partial charge in [-0.3, -0.25) is 14.4 Å². The summed E-state index contributed by atoms with van der Waals surface area (Å²) in [5, 5.41) is 6.01. The number of amides is 2. The summed E-state index contributed by atoms with van der Waals surface area (Å²) in [5.74, 6) is 0.520. The van der Waals surface area contributed by atoms with Crippen LogP contribution < -0.4 is 20.9 Å². The van der Waals surface area contributed by atoms with Gasteiger partial charge in [-0.1, -0.05) is 12.1 Å². The van der Waals surface area contributed by atoms with E-state index in [9.17, 15) is 9.59 Å². The van der Waals surface area contributed by atoms with Crippen molar-refractivity contribution in [2.24, 2.45) is 5.92 Å². The highest BCUT2D eigenvalue weighted by molar-refractivity contribution is 6.01. The molecule has 1 aromatic carbocycles. The summed E-state index contributed by atoms with van der Waals surface area (Å²) in [6, 6.07) is 9.03. The zero-order valence-electron chi connectivity index (χ0n) is 15.9. The van der Waals surface area contributed by atoms with Crippen LogP contribution in [0.5, 0.6) is 5.75 Å². The number of hydrogen-bond acceptors (Lipinski definition) is 7. The highest BCUT2D eigenvalue weighted by Crippen LogP contribution is 2.33. The Morgan fingerprint density at radius 3 is 2.66 bits per heavy atom. The van der Waals surface area contributed by atoms with Crippen molar-refractivity contribution < 1.29 is 23.9 Å². The van der Waals surface area contributed by atoms with E-state index >= 15 is 0 Å². The van der Waals surface area contributed by atoms with Gasteiger partial charge in [-0.25, -0.2) is 10.5 Å². The fourth-order valence-electron chi connectivity index (χ4n) is 2.81. The van der Waals surface area contributed by atoms with E-state index in [0.717, 1.165) is 12.8 Å². The molecule has 0 bridgehead atoms. The molecule has 2 amide bonds. The second-order valence-electron chi connectivity index (χ2n) is 6.91. The Balaban J connectivity index is 1.61. The standard InChI is InChI=1S/C20H22N4O5/c1-27-24-20(26)14-9-21-18(23-19(25)12-6-7-12)8-16(14)22-15-4-2-3-5-17(15)29-13-10-28-11-13/h2-5,8-9,12-13H,6-7,10-11H2,1H3,(H,24,26)(H2,21,22,23,25). The lowest BCUT2D eigenvalue weighted by molar-refractivity contribution is -0.117. The first-order chi connectivity index (χ1) is 14.1. The minimum atomic E-state index is -0.464. The Labute approximate surface area is 167 Å². The van der Waals surface area contributed by atoms with Gasteiger partial charge in [-0.05, 0) is 25.0 Å². The minimum Gasteiger partial charge on any atom is -0.483 e. The summed E-state index contributed by atoms with van der Waals surface area (Å²) in [6.45, 7) is 1.09. The quantitative estimate of drug-likeness (QED) is 0.585. The number of benzene rings is 1. The SMILES string of the molecule is CONC(=O)c1cnc(NC(=O)C2CC2)cc1Nc1ccccc1OC1COC1. The average Bonchev–Trinajstić information content (AvgIpc) is 3.51. The third-order valence-corrected chi connectivity index (χ3v) is 4.60. The lowest BCUT2D eigenvalue weighted by Gasteiger charge is -2.28. The molecule has 1 aliphatic carbocycles. The molecule has 0 unspecified atom stereocenters. The molecule has 2 heterocycles. The van der Waals surface area contributed by atoms with Crippen molar-refractivity contribution in [3.8, 4) is 5.75 Å². The van der Waals surface area contributed by atoms with Crippen molar-refractivity contribution in [3.05, 3.63) is 42.1 Å². The maximum Gasteiger partial charge on any atom is 0.278 e. The van der Waals surface area contributed by atoms with Gasteiger partial charge in [0.25, 0.3) is 5.91 Å². The first kappa shape index (κ1) is 19.2. The number of pyridine rings is 1. The van der Waals surface area contributed by atoms with Gasteiger partial charge < -0.3 is 20.1 Å². The van der Waals surface area contributed by atoms with Crippen LogP contribution in [0.25, 0.3) is 0 Å². The van der Waals surface area contributed by atoms with Crippen LogP contribution in [0.2, 0.25) is 0 Å². The smallest absolute Gasteiger partial charge is 0.278 e. The molecule has 2 aliphatic rings. The Kier molecular flexibility index (Phi) is 5.59. The van der Waals surface area contributed by atoms with Crippen molar-refractivity contribution in [1.82, 2.24) is 10.5 Å². The fourth-order valence-corrected chi connectivity index (χ4v) is 2.81. The lowest BCUT2D eigenvalue weighted by Crippen LogP contribution is -2.38. The van der Waals surface area contributed by atoms with E-state index in [2.05, 4.69) is 21.1 Å². The highest BCUT2D eigenvalue weighted by Gasteiger charge is 2.30. The number of anilines is 3. The molecule has 29 heavy (non-hydrogen) atoms. The number of para-hydroxylation sites is 2. The maximum absolute atomic E-state index is 12.4. The minimum absolute atomic E-state index is 0.0000383. The molecule has 152 valence electrons. The molecular formula is C20H22N4O5. The van der Waals surface area contributed by atoms with Gasteiger partial charge >= 0.3 is 0 Å². The molecule has 4 rings (SSSR count). The summed E-state index contributed by atoms with van der Waals surface area (Å²) >= 11 is 0. The molecule has 2 aromatic rings. The van der Waals surface area contributed by atoms with E-state index in [1.54, 1.807) is 6.07 Å². The van der Waals surface area contributed by atoms with Crippen molar-refractivity contribution in [1.29, 1.82) is 0 Å². The Bertz CT molecular complexity index is 911. The van der Waals surface area contributed by atoms with Crippen LogP contribution in [0, 0.1) is 5.92 Å². The van der Waals surface area contributed by atoms with Gasteiger partial charge in [-0.15, -0.1) is 0 Å². The molecule has 2 fully saturated rings. The number of hydrogen-bond donors (Lipinski definition) is 3. The number of aromatic nitrogens is 1. The maximum atomic E-state index is 12.4. The average molecular weight is 398 g/mol. The number of carbonyl (C=O) groups excluding carboxylic acids is 2. The second kappa shape index (κ2) is 8.46. The van der Waals surface area contributed by atoms with Crippen LogP contribution in [-0.2, 0) is 14.4 Å². The van der Waals surface area contributed by atoms with E-state index in [-0.39, 0.29) is 23.5 Å². The van der Waals surface area contributed by atoms with Gasteiger partial charge in [0.05, 0.1) is 37.3 Å². The Morgan fingerprint density at radius 1 is 1.17 bits per heavy atom. The number of carbonyl (C=O) groups is 2. The van der Waals surface area contributed by atoms with E-state index in [0.29, 0.717) is 36.2 Å². The van der Waals surface area contributed by atoms with Crippen LogP contribution in [0.4, 0.5) is 17.2 Å². The highest BCUT2D eigenvalue weighted by atomic mass is 16.6. The number of nitrogens with zero attached hydrogens (tertiary/aromatic N) is 1. The molecule has 1 aromatic heterocycles. The van der Waals surface area contributed by atoms with Gasteiger partial charge in [-0.2, -0.15) is 0 Å². The predicted molar refractivity (Wildman–Crippen MR) is 105 cm³/mol. The van der Waals surface area contributed by atoms with Crippen LogP contribution >= 0.6 is 0 Å². The number of ether oxygens (including phenoxy) is 2. The third-order valence-electron chi connectivity index (χ3n) is 4.60. The zero-order valence-corrected chi connectivity index (χ0v) is 15.9. The monoisotopic (exact) mass is 398 g/mol. The topological polar surface area (TPSA) is 111 Å². The summed E-state index contributed by atoms with van der Waals surface area (Å²) in [4.78, 5) is 33.4. The van der Waals surface area contributed by atoms with E-state index in [4.69, 9.17) is 14.3 Å². The zero-order chi connectivity index (χ0) is 20.2. The summed E-state index contributed by atoms with van der Waals surface area (Å²) < 4.78 is 11.1. The van der Waals surface area contributed by atoms with Gasteiger partial charge in [0.1, 0.15) is 17.7 Å². The molecule has 9 heteroatoms. The van der Waals surface area contributed by atoms with E-state index in [1.165, 1.54) is 13.3 Å². The van der Waals surface area contributed by atoms with Crippen molar-refractivity contribution >= 4 is 29.0 Å². The molecule has 0 radical (unpaired) electrons. The first-order valence-corrected chi connectivity index (χ1v) is 9.38. The molecule has 0 spiro atoms. The third kappa shape index (κ3) is 4.64. The van der Waals surface area contributed by atoms with Crippen LogP contribution in [0.15, 0.2) is 36.5 Å². The molecule has 3 N–H and O–H groups in total. The lowest BCUT2D eigenvalue weighted by atomic mass is 10.2. The van der Waals surface area contributed by atoms with Crippen LogP contribution in [0.3, 0.4) is 0 Å². The van der Waals surface area contributed by atoms with Crippen molar-refractivity contribution in [3.63, 3.8) is 0 Å². The molecule has 9 nitrogen and oxygen atoms in total. The summed E-state index contributed by atoms with van der Waals surface area (Å²) in [5.41, 5.74) is 3.69. The second-order valence-corrected chi connectivity index (χ2v) is 6.91. The Hall–Kier alpha value is -3.17. The van der Waals surface area contributed by atoms with Crippen molar-refractivity contribution in [2.45, 2.75) is 18.9 Å². The van der Waals surface area contributed by atoms with Gasteiger partial charge in [0.15, 0.2) is 0 Å². The molecular weight excluding hydrogens is 376 g/mol. The number of hydroxylamine groups is 1. The number of rotatable bonds is 8. The fraction of sp³-hybridized carbons (Fsp3) is 0.350. The van der Waals surface area contributed by atoms with Crippen molar-refractivity contribution in [2.75, 3.05) is 31.0 Å². The van der Waals surface area contributed by atoms with E-state index < -0.39 is 5.91 Å². The molecule has 1 aliphatic heterocycles. The largest absolute Gasteiger partial charge is 0.483 e. The Morgan fingerprint density at radius 2 is 1.97 bits per heavy atom. The van der Waals surface area contributed by atoms with Gasteiger partial charge in [0, 0.05) is 18.2 Å². The molecule has 1 saturated carbocycles. The van der Waals surface area contributed by atoms with Crippen LogP contribution in [-0.4, -0.2) is 43.2 Å².